The van der Waals surface area contributed by atoms with Gasteiger partial charge in [-0.1, -0.05) is 59.6 Å². The second-order valence-electron chi connectivity index (χ2n) is 10.3. The summed E-state index contributed by atoms with van der Waals surface area (Å²) in [4.78, 5) is 15.3. The summed E-state index contributed by atoms with van der Waals surface area (Å²) in [7, 11) is 0. The van der Waals surface area contributed by atoms with E-state index in [4.69, 9.17) is 23.2 Å². The van der Waals surface area contributed by atoms with E-state index in [1.165, 1.54) is 43.1 Å². The normalized spacial score (nSPS) is 17.4. The molecule has 3 aromatic rings. The first kappa shape index (κ1) is 26.0. The molecule has 0 spiro atoms. The highest BCUT2D eigenvalue weighted by molar-refractivity contribution is 6.31. The van der Waals surface area contributed by atoms with Gasteiger partial charge in [-0.15, -0.1) is 0 Å². The lowest BCUT2D eigenvalue weighted by atomic mass is 9.79. The van der Waals surface area contributed by atoms with Gasteiger partial charge in [-0.05, 0) is 97.6 Å². The molecule has 3 aromatic carbocycles. The Labute approximate surface area is 228 Å². The van der Waals surface area contributed by atoms with Crippen LogP contribution in [0.5, 0.6) is 0 Å². The maximum absolute atomic E-state index is 13.5. The molecule has 1 saturated carbocycles. The van der Waals surface area contributed by atoms with Crippen LogP contribution in [0, 0.1) is 17.7 Å². The largest absolute Gasteiger partial charge is 0.337 e. The lowest BCUT2D eigenvalue weighted by Crippen LogP contribution is -2.40. The summed E-state index contributed by atoms with van der Waals surface area (Å²) in [5.74, 6) is 1.06. The van der Waals surface area contributed by atoms with Gasteiger partial charge < -0.3 is 15.5 Å². The minimum absolute atomic E-state index is 0.0200. The third-order valence-corrected chi connectivity index (χ3v) is 8.10. The molecule has 1 aliphatic heterocycles. The van der Waals surface area contributed by atoms with Crippen LogP contribution in [0.25, 0.3) is 11.1 Å². The average molecular weight is 541 g/mol. The molecule has 0 bridgehead atoms. The molecule has 2 amide bonds. The number of urea groups is 1. The number of nitrogens with one attached hydrogen (secondary N) is 2. The van der Waals surface area contributed by atoms with E-state index in [1.54, 1.807) is 0 Å². The van der Waals surface area contributed by atoms with E-state index < -0.39 is 5.82 Å². The van der Waals surface area contributed by atoms with Crippen LogP contribution in [0.4, 0.5) is 14.9 Å². The number of carbonyl (C=O) groups excluding carboxylic acids is 1. The average Bonchev–Trinajstić information content (AvgIpc) is 3.72. The number of hydrogen-bond donors (Lipinski definition) is 2. The van der Waals surface area contributed by atoms with Crippen LogP contribution in [0.3, 0.4) is 0 Å². The van der Waals surface area contributed by atoms with Gasteiger partial charge in [0.25, 0.3) is 0 Å². The zero-order valence-electron chi connectivity index (χ0n) is 20.7. The van der Waals surface area contributed by atoms with Crippen molar-refractivity contribution in [2.75, 3.05) is 31.5 Å². The molecule has 2 N–H and O–H groups in total. The smallest absolute Gasteiger partial charge is 0.319 e. The van der Waals surface area contributed by atoms with Crippen molar-refractivity contribution < 1.29 is 9.18 Å². The van der Waals surface area contributed by atoms with E-state index in [0.717, 1.165) is 48.0 Å². The maximum Gasteiger partial charge on any atom is 0.319 e. The molecule has 0 radical (unpaired) electrons. The molecular weight excluding hydrogens is 508 g/mol. The topological polar surface area (TPSA) is 44.4 Å². The number of nitrogens with zero attached hydrogens (tertiary/aromatic N) is 1. The molecular formula is C30H32Cl2FN3O. The van der Waals surface area contributed by atoms with Crippen molar-refractivity contribution in [3.63, 3.8) is 0 Å². The first-order valence-corrected chi connectivity index (χ1v) is 13.8. The summed E-state index contributed by atoms with van der Waals surface area (Å²) in [5, 5.41) is 6.52. The van der Waals surface area contributed by atoms with Crippen molar-refractivity contribution in [3.05, 3.63) is 88.2 Å². The molecule has 7 heteroatoms. The van der Waals surface area contributed by atoms with Gasteiger partial charge in [0.05, 0.1) is 5.02 Å². The zero-order chi connectivity index (χ0) is 25.8. The molecule has 1 atom stereocenters. The van der Waals surface area contributed by atoms with Crippen molar-refractivity contribution in [3.8, 4) is 11.1 Å². The second-order valence-corrected chi connectivity index (χ2v) is 11.1. The van der Waals surface area contributed by atoms with E-state index >= 15 is 0 Å². The first-order valence-electron chi connectivity index (χ1n) is 13.0. The molecule has 1 heterocycles. The Morgan fingerprint density at radius 1 is 0.946 bits per heavy atom. The summed E-state index contributed by atoms with van der Waals surface area (Å²) in [6.45, 7) is 3.97. The number of benzene rings is 3. The highest BCUT2D eigenvalue weighted by Gasteiger charge is 2.31. The fourth-order valence-corrected chi connectivity index (χ4v) is 5.67. The second kappa shape index (κ2) is 11.8. The SMILES string of the molecule is O=C(NCC(c1ccc(-c2cccc(Cl)c2)cc1)C1CCN(CC2CC2)CC1)Nc1ccc(F)c(Cl)c1. The zero-order valence-corrected chi connectivity index (χ0v) is 22.2. The molecule has 5 rings (SSSR count). The number of anilines is 1. The Kier molecular flexibility index (Phi) is 8.33. The lowest BCUT2D eigenvalue weighted by molar-refractivity contribution is 0.162. The third kappa shape index (κ3) is 7.04. The van der Waals surface area contributed by atoms with Gasteiger partial charge in [0.1, 0.15) is 5.82 Å². The molecule has 37 heavy (non-hydrogen) atoms. The molecule has 2 aliphatic rings. The molecule has 2 fully saturated rings. The van der Waals surface area contributed by atoms with E-state index in [9.17, 15) is 9.18 Å². The number of halogens is 3. The fraction of sp³-hybridized carbons (Fsp3) is 0.367. The maximum atomic E-state index is 13.5. The van der Waals surface area contributed by atoms with Gasteiger partial charge in [-0.25, -0.2) is 9.18 Å². The highest BCUT2D eigenvalue weighted by atomic mass is 35.5. The highest BCUT2D eigenvalue weighted by Crippen LogP contribution is 2.36. The van der Waals surface area contributed by atoms with E-state index in [1.807, 2.05) is 18.2 Å². The molecule has 1 aliphatic carbocycles. The lowest BCUT2D eigenvalue weighted by Gasteiger charge is -2.36. The van der Waals surface area contributed by atoms with E-state index in [0.29, 0.717) is 18.2 Å². The molecule has 0 aromatic heterocycles. The van der Waals surface area contributed by atoms with Crippen LogP contribution in [0.1, 0.15) is 37.2 Å². The van der Waals surface area contributed by atoms with Gasteiger partial charge in [0, 0.05) is 29.7 Å². The summed E-state index contributed by atoms with van der Waals surface area (Å²) in [5.41, 5.74) is 3.87. The van der Waals surface area contributed by atoms with Crippen molar-refractivity contribution >= 4 is 34.9 Å². The van der Waals surface area contributed by atoms with E-state index in [2.05, 4.69) is 45.9 Å². The monoisotopic (exact) mass is 539 g/mol. The Balaban J connectivity index is 1.28. The standard InChI is InChI=1S/C30H32Cl2FN3O/c31-25-3-1-2-24(16-25)21-6-8-22(9-7-21)27(23-12-14-36(15-13-23)19-20-4-5-20)18-34-30(37)35-26-10-11-29(33)28(32)17-26/h1-3,6-11,16-17,20,23,27H,4-5,12-15,18-19H2,(H2,34,35,37). The van der Waals surface area contributed by atoms with Crippen molar-refractivity contribution in [2.45, 2.75) is 31.6 Å². The van der Waals surface area contributed by atoms with Gasteiger partial charge in [-0.3, -0.25) is 0 Å². The summed E-state index contributed by atoms with van der Waals surface area (Å²) < 4.78 is 13.5. The minimum atomic E-state index is -0.512. The number of likely N-dealkylation sites (tertiary alicyclic amines) is 1. The van der Waals surface area contributed by atoms with Crippen molar-refractivity contribution in [1.82, 2.24) is 10.2 Å². The molecule has 1 saturated heterocycles. The first-order chi connectivity index (χ1) is 17.9. The summed E-state index contributed by atoms with van der Waals surface area (Å²) in [6, 6.07) is 20.3. The van der Waals surface area contributed by atoms with Crippen LogP contribution in [-0.4, -0.2) is 37.1 Å². The van der Waals surface area contributed by atoms with Crippen molar-refractivity contribution in [1.29, 1.82) is 0 Å². The van der Waals surface area contributed by atoms with Gasteiger partial charge in [0.2, 0.25) is 0 Å². The molecule has 4 nitrogen and oxygen atoms in total. The number of carbonyl (C=O) groups is 1. The van der Waals surface area contributed by atoms with Crippen molar-refractivity contribution in [2.24, 2.45) is 11.8 Å². The number of amides is 2. The quantitative estimate of drug-likeness (QED) is 0.306. The van der Waals surface area contributed by atoms with Crippen LogP contribution in [0.15, 0.2) is 66.7 Å². The van der Waals surface area contributed by atoms with Gasteiger partial charge >= 0.3 is 6.03 Å². The Morgan fingerprint density at radius 3 is 2.38 bits per heavy atom. The summed E-state index contributed by atoms with van der Waals surface area (Å²) >= 11 is 12.1. The number of rotatable bonds is 8. The molecule has 194 valence electrons. The van der Waals surface area contributed by atoms with E-state index in [-0.39, 0.29) is 17.0 Å². The Morgan fingerprint density at radius 2 is 1.70 bits per heavy atom. The van der Waals surface area contributed by atoms with Crippen LogP contribution in [0.2, 0.25) is 10.0 Å². The predicted octanol–water partition coefficient (Wildman–Crippen LogP) is 7.83. The number of hydrogen-bond acceptors (Lipinski definition) is 2. The van der Waals surface area contributed by atoms with Crippen LogP contribution < -0.4 is 10.6 Å². The molecule has 1 unspecified atom stereocenters. The van der Waals surface area contributed by atoms with Gasteiger partial charge in [0.15, 0.2) is 0 Å². The minimum Gasteiger partial charge on any atom is -0.337 e. The Hall–Kier alpha value is -2.60. The van der Waals surface area contributed by atoms with Crippen LogP contribution >= 0.6 is 23.2 Å². The fourth-order valence-electron chi connectivity index (χ4n) is 5.30. The third-order valence-electron chi connectivity index (χ3n) is 7.57. The Bertz CT molecular complexity index is 1220. The van der Waals surface area contributed by atoms with Crippen LogP contribution in [-0.2, 0) is 0 Å². The predicted molar refractivity (Wildman–Crippen MR) is 150 cm³/mol. The number of piperidine rings is 1. The van der Waals surface area contributed by atoms with Gasteiger partial charge in [-0.2, -0.15) is 0 Å². The summed E-state index contributed by atoms with van der Waals surface area (Å²) in [6.07, 6.45) is 4.98.